The van der Waals surface area contributed by atoms with E-state index in [-0.39, 0.29) is 18.3 Å². The Morgan fingerprint density at radius 1 is 1.22 bits per heavy atom. The third-order valence-electron chi connectivity index (χ3n) is 3.75. The normalized spacial score (nSPS) is 28.6. The van der Waals surface area contributed by atoms with Crippen molar-refractivity contribution in [3.63, 3.8) is 0 Å². The van der Waals surface area contributed by atoms with Crippen LogP contribution in [0.25, 0.3) is 0 Å². The van der Waals surface area contributed by atoms with Gasteiger partial charge in [0.25, 0.3) is 0 Å². The second-order valence-corrected chi connectivity index (χ2v) is 5.69. The zero-order valence-corrected chi connectivity index (χ0v) is 11.4. The molecule has 1 fully saturated rings. The summed E-state index contributed by atoms with van der Waals surface area (Å²) in [5.74, 6) is 0.485. The SMILES string of the molecule is CC(C)[C@@H]1C[C@H](O)C[C@H](CCc2ccccc2)O1. The van der Waals surface area contributed by atoms with E-state index in [4.69, 9.17) is 4.74 Å². The Kier molecular flexibility index (Phi) is 4.79. The summed E-state index contributed by atoms with van der Waals surface area (Å²) in [6.45, 7) is 4.33. The van der Waals surface area contributed by atoms with Gasteiger partial charge in [0.2, 0.25) is 0 Å². The van der Waals surface area contributed by atoms with Crippen molar-refractivity contribution in [2.75, 3.05) is 0 Å². The lowest BCUT2D eigenvalue weighted by molar-refractivity contribution is -0.114. The summed E-state index contributed by atoms with van der Waals surface area (Å²) in [5, 5.41) is 9.92. The zero-order valence-electron chi connectivity index (χ0n) is 11.4. The van der Waals surface area contributed by atoms with Gasteiger partial charge in [-0.2, -0.15) is 0 Å². The molecule has 0 unspecified atom stereocenters. The highest BCUT2D eigenvalue weighted by Gasteiger charge is 2.29. The van der Waals surface area contributed by atoms with E-state index in [9.17, 15) is 5.11 Å². The molecule has 2 nitrogen and oxygen atoms in total. The van der Waals surface area contributed by atoms with E-state index in [0.29, 0.717) is 5.92 Å². The van der Waals surface area contributed by atoms with E-state index in [1.165, 1.54) is 5.56 Å². The molecule has 18 heavy (non-hydrogen) atoms. The Morgan fingerprint density at radius 2 is 1.94 bits per heavy atom. The number of hydrogen-bond donors (Lipinski definition) is 1. The van der Waals surface area contributed by atoms with Crippen LogP contribution < -0.4 is 0 Å². The van der Waals surface area contributed by atoms with Gasteiger partial charge < -0.3 is 9.84 Å². The molecule has 0 amide bonds. The zero-order chi connectivity index (χ0) is 13.0. The maximum Gasteiger partial charge on any atom is 0.0626 e. The van der Waals surface area contributed by atoms with Crippen molar-refractivity contribution in [1.82, 2.24) is 0 Å². The quantitative estimate of drug-likeness (QED) is 0.886. The molecule has 1 aliphatic rings. The smallest absolute Gasteiger partial charge is 0.0626 e. The van der Waals surface area contributed by atoms with Crippen LogP contribution in [0.15, 0.2) is 30.3 Å². The van der Waals surface area contributed by atoms with Gasteiger partial charge >= 0.3 is 0 Å². The predicted molar refractivity (Wildman–Crippen MR) is 73.5 cm³/mol. The maximum absolute atomic E-state index is 9.92. The molecule has 0 bridgehead atoms. The summed E-state index contributed by atoms with van der Waals surface area (Å²) < 4.78 is 6.08. The Hall–Kier alpha value is -0.860. The van der Waals surface area contributed by atoms with Gasteiger partial charge in [-0.3, -0.25) is 0 Å². The first-order valence-electron chi connectivity index (χ1n) is 7.02. The van der Waals surface area contributed by atoms with Crippen molar-refractivity contribution in [1.29, 1.82) is 0 Å². The summed E-state index contributed by atoms with van der Waals surface area (Å²) in [5.41, 5.74) is 1.35. The topological polar surface area (TPSA) is 29.5 Å². The van der Waals surface area contributed by atoms with Crippen LogP contribution in [-0.2, 0) is 11.2 Å². The molecule has 1 saturated heterocycles. The largest absolute Gasteiger partial charge is 0.393 e. The van der Waals surface area contributed by atoms with Crippen molar-refractivity contribution in [2.45, 2.75) is 57.8 Å². The Morgan fingerprint density at radius 3 is 2.61 bits per heavy atom. The molecule has 1 aromatic carbocycles. The predicted octanol–water partition coefficient (Wildman–Crippen LogP) is 3.18. The van der Waals surface area contributed by atoms with Gasteiger partial charge in [0.15, 0.2) is 0 Å². The third kappa shape index (κ3) is 3.82. The lowest BCUT2D eigenvalue weighted by Crippen LogP contribution is -2.38. The molecule has 0 aliphatic carbocycles. The Bertz CT molecular complexity index is 347. The van der Waals surface area contributed by atoms with Gasteiger partial charge in [-0.05, 0) is 37.2 Å². The number of rotatable bonds is 4. The average Bonchev–Trinajstić information content (AvgIpc) is 2.37. The molecule has 100 valence electrons. The fraction of sp³-hybridized carbons (Fsp3) is 0.625. The summed E-state index contributed by atoms with van der Waals surface area (Å²) in [6.07, 6.45) is 3.85. The molecule has 0 saturated carbocycles. The van der Waals surface area contributed by atoms with Gasteiger partial charge in [0.05, 0.1) is 18.3 Å². The third-order valence-corrected chi connectivity index (χ3v) is 3.75. The lowest BCUT2D eigenvalue weighted by atomic mass is 9.92. The van der Waals surface area contributed by atoms with E-state index >= 15 is 0 Å². The molecule has 1 aliphatic heterocycles. The van der Waals surface area contributed by atoms with E-state index in [0.717, 1.165) is 25.7 Å². The lowest BCUT2D eigenvalue weighted by Gasteiger charge is -2.35. The number of aliphatic hydroxyl groups excluding tert-OH is 1. The van der Waals surface area contributed by atoms with E-state index in [1.54, 1.807) is 0 Å². The average molecular weight is 248 g/mol. The van der Waals surface area contributed by atoms with Crippen molar-refractivity contribution >= 4 is 0 Å². The molecular formula is C16H24O2. The highest BCUT2D eigenvalue weighted by molar-refractivity contribution is 5.14. The molecule has 1 aromatic rings. The molecule has 2 rings (SSSR count). The standard InChI is InChI=1S/C16H24O2/c1-12(2)16-11-14(17)10-15(18-16)9-8-13-6-4-3-5-7-13/h3-7,12,14-17H,8-11H2,1-2H3/t14-,15+,16+/m1/s1. The summed E-state index contributed by atoms with van der Waals surface area (Å²) in [6, 6.07) is 10.5. The minimum atomic E-state index is -0.188. The summed E-state index contributed by atoms with van der Waals surface area (Å²) >= 11 is 0. The second kappa shape index (κ2) is 6.35. The van der Waals surface area contributed by atoms with Gasteiger partial charge in [-0.1, -0.05) is 44.2 Å². The van der Waals surface area contributed by atoms with Crippen molar-refractivity contribution in [3.8, 4) is 0 Å². The molecule has 0 aromatic heterocycles. The van der Waals surface area contributed by atoms with Crippen LogP contribution in [0.5, 0.6) is 0 Å². The van der Waals surface area contributed by atoms with Crippen molar-refractivity contribution in [2.24, 2.45) is 5.92 Å². The highest BCUT2D eigenvalue weighted by Crippen LogP contribution is 2.26. The van der Waals surface area contributed by atoms with Gasteiger partial charge in [-0.25, -0.2) is 0 Å². The molecule has 0 radical (unpaired) electrons. The minimum Gasteiger partial charge on any atom is -0.393 e. The highest BCUT2D eigenvalue weighted by atomic mass is 16.5. The second-order valence-electron chi connectivity index (χ2n) is 5.69. The van der Waals surface area contributed by atoms with Crippen molar-refractivity contribution in [3.05, 3.63) is 35.9 Å². The van der Waals surface area contributed by atoms with Crippen LogP contribution in [0.3, 0.4) is 0 Å². The molecule has 0 spiro atoms. The first-order valence-corrected chi connectivity index (χ1v) is 7.02. The van der Waals surface area contributed by atoms with Gasteiger partial charge in [0.1, 0.15) is 0 Å². The fourth-order valence-corrected chi connectivity index (χ4v) is 2.61. The number of hydrogen-bond acceptors (Lipinski definition) is 2. The monoisotopic (exact) mass is 248 g/mol. The fourth-order valence-electron chi connectivity index (χ4n) is 2.61. The van der Waals surface area contributed by atoms with Crippen LogP contribution in [0, 0.1) is 5.92 Å². The van der Waals surface area contributed by atoms with Crippen LogP contribution >= 0.6 is 0 Å². The van der Waals surface area contributed by atoms with Gasteiger partial charge in [0, 0.05) is 0 Å². The molecule has 1 N–H and O–H groups in total. The number of benzene rings is 1. The van der Waals surface area contributed by atoms with Crippen molar-refractivity contribution < 1.29 is 9.84 Å². The van der Waals surface area contributed by atoms with Crippen LogP contribution in [-0.4, -0.2) is 23.4 Å². The summed E-state index contributed by atoms with van der Waals surface area (Å²) in [7, 11) is 0. The Labute approximate surface area is 110 Å². The Balaban J connectivity index is 1.85. The molecule has 1 heterocycles. The van der Waals surface area contributed by atoms with E-state index < -0.39 is 0 Å². The minimum absolute atomic E-state index is 0.188. The first-order chi connectivity index (χ1) is 8.65. The van der Waals surface area contributed by atoms with E-state index in [1.807, 2.05) is 6.07 Å². The summed E-state index contributed by atoms with van der Waals surface area (Å²) in [4.78, 5) is 0. The maximum atomic E-state index is 9.92. The van der Waals surface area contributed by atoms with Gasteiger partial charge in [-0.15, -0.1) is 0 Å². The van der Waals surface area contributed by atoms with Crippen LogP contribution in [0.2, 0.25) is 0 Å². The number of aliphatic hydroxyl groups is 1. The first kappa shape index (κ1) is 13.6. The van der Waals surface area contributed by atoms with E-state index in [2.05, 4.69) is 38.1 Å². The van der Waals surface area contributed by atoms with Crippen LogP contribution in [0.4, 0.5) is 0 Å². The van der Waals surface area contributed by atoms with Crippen LogP contribution in [0.1, 0.15) is 38.7 Å². The number of ether oxygens (including phenoxy) is 1. The molecular weight excluding hydrogens is 224 g/mol. The number of aryl methyl sites for hydroxylation is 1. The molecule has 3 atom stereocenters. The molecule has 2 heteroatoms.